The Morgan fingerprint density at radius 1 is 0.933 bits per heavy atom. The molecule has 1 aromatic heterocycles. The van der Waals surface area contributed by atoms with Crippen LogP contribution in [0.2, 0.25) is 0 Å². The van der Waals surface area contributed by atoms with E-state index < -0.39 is 0 Å². The monoisotopic (exact) mass is 403 g/mol. The summed E-state index contributed by atoms with van der Waals surface area (Å²) in [6.07, 6.45) is 1.87. The fourth-order valence-electron chi connectivity index (χ4n) is 3.86. The van der Waals surface area contributed by atoms with E-state index in [9.17, 15) is 0 Å². The normalized spacial score (nSPS) is 15.5. The van der Waals surface area contributed by atoms with E-state index in [1.807, 2.05) is 43.5 Å². The van der Waals surface area contributed by atoms with E-state index in [1.165, 1.54) is 5.56 Å². The summed E-state index contributed by atoms with van der Waals surface area (Å²) in [5, 5.41) is 3.44. The third-order valence-electron chi connectivity index (χ3n) is 5.31. The summed E-state index contributed by atoms with van der Waals surface area (Å²) in [7, 11) is 0. The van der Waals surface area contributed by atoms with Crippen LogP contribution < -0.4 is 14.8 Å². The van der Waals surface area contributed by atoms with E-state index in [0.717, 1.165) is 48.9 Å². The van der Waals surface area contributed by atoms with Gasteiger partial charge in [0, 0.05) is 32.4 Å². The molecule has 1 aliphatic rings. The second-order valence-electron chi connectivity index (χ2n) is 7.36. The Morgan fingerprint density at radius 3 is 2.47 bits per heavy atom. The molecule has 2 heterocycles. The maximum absolute atomic E-state index is 6.10. The first-order valence-electron chi connectivity index (χ1n) is 10.6. The Kier molecular flexibility index (Phi) is 6.95. The number of benzene rings is 2. The van der Waals surface area contributed by atoms with Gasteiger partial charge in [-0.1, -0.05) is 42.5 Å². The molecule has 1 fully saturated rings. The number of nitrogens with one attached hydrogen (secondary N) is 1. The van der Waals surface area contributed by atoms with Crippen molar-refractivity contribution in [3.8, 4) is 11.5 Å². The van der Waals surface area contributed by atoms with Crippen molar-refractivity contribution in [3.63, 3.8) is 0 Å². The minimum atomic E-state index is 0.0932. The molecule has 2 aromatic carbocycles. The first-order valence-corrected chi connectivity index (χ1v) is 10.6. The Hall–Kier alpha value is -2.89. The molecule has 0 bridgehead atoms. The average molecular weight is 404 g/mol. The van der Waals surface area contributed by atoms with Crippen LogP contribution in [0.5, 0.6) is 11.5 Å². The molecule has 0 spiro atoms. The Morgan fingerprint density at radius 2 is 1.73 bits per heavy atom. The van der Waals surface area contributed by atoms with Crippen molar-refractivity contribution in [1.29, 1.82) is 0 Å². The lowest BCUT2D eigenvalue weighted by Crippen LogP contribution is -2.45. The summed E-state index contributed by atoms with van der Waals surface area (Å²) < 4.78 is 12.1. The van der Waals surface area contributed by atoms with Crippen molar-refractivity contribution >= 4 is 0 Å². The van der Waals surface area contributed by atoms with Gasteiger partial charge in [0.25, 0.3) is 0 Å². The van der Waals surface area contributed by atoms with Crippen LogP contribution in [-0.4, -0.2) is 42.7 Å². The molecule has 156 valence electrons. The lowest BCUT2D eigenvalue weighted by Gasteiger charge is -2.35. The molecule has 0 radical (unpaired) electrons. The average Bonchev–Trinajstić information content (AvgIpc) is 2.81. The van der Waals surface area contributed by atoms with Crippen LogP contribution in [-0.2, 0) is 6.61 Å². The van der Waals surface area contributed by atoms with Crippen LogP contribution in [0.4, 0.5) is 0 Å². The van der Waals surface area contributed by atoms with Gasteiger partial charge in [-0.05, 0) is 42.3 Å². The molecule has 0 aliphatic carbocycles. The van der Waals surface area contributed by atoms with E-state index in [0.29, 0.717) is 13.2 Å². The largest absolute Gasteiger partial charge is 0.490 e. The van der Waals surface area contributed by atoms with Gasteiger partial charge >= 0.3 is 0 Å². The predicted octanol–water partition coefficient (Wildman–Crippen LogP) is 4.05. The fraction of sp³-hybridized carbons (Fsp3) is 0.320. The van der Waals surface area contributed by atoms with E-state index in [2.05, 4.69) is 51.6 Å². The third-order valence-corrected chi connectivity index (χ3v) is 5.31. The van der Waals surface area contributed by atoms with Crippen LogP contribution >= 0.6 is 0 Å². The molecule has 30 heavy (non-hydrogen) atoms. The molecule has 1 aliphatic heterocycles. The summed E-state index contributed by atoms with van der Waals surface area (Å²) >= 11 is 0. The second-order valence-corrected chi connectivity index (χ2v) is 7.36. The zero-order valence-electron chi connectivity index (χ0n) is 17.5. The molecular weight excluding hydrogens is 374 g/mol. The lowest BCUT2D eigenvalue weighted by atomic mass is 10.00. The summed E-state index contributed by atoms with van der Waals surface area (Å²) in [6.45, 7) is 7.05. The standard InChI is InChI=1S/C25H29N3O2/c1-2-29-24-18-21(11-12-23(24)30-19-20-8-4-3-5-9-20)25(22-10-6-7-13-27-22)28-16-14-26-15-17-28/h3-13,18,25-26H,2,14-17,19H2,1H3. The van der Waals surface area contributed by atoms with Crippen molar-refractivity contribution in [2.24, 2.45) is 0 Å². The maximum Gasteiger partial charge on any atom is 0.161 e. The molecule has 5 nitrogen and oxygen atoms in total. The van der Waals surface area contributed by atoms with Crippen molar-refractivity contribution in [2.45, 2.75) is 19.6 Å². The molecule has 5 heteroatoms. The molecular formula is C25H29N3O2. The van der Waals surface area contributed by atoms with E-state index in [4.69, 9.17) is 9.47 Å². The highest BCUT2D eigenvalue weighted by Gasteiger charge is 2.26. The number of hydrogen-bond donors (Lipinski definition) is 1. The quantitative estimate of drug-likeness (QED) is 0.615. The van der Waals surface area contributed by atoms with Gasteiger partial charge in [-0.25, -0.2) is 0 Å². The summed E-state index contributed by atoms with van der Waals surface area (Å²) in [4.78, 5) is 7.15. The number of aromatic nitrogens is 1. The van der Waals surface area contributed by atoms with Crippen molar-refractivity contribution in [3.05, 3.63) is 89.7 Å². The highest BCUT2D eigenvalue weighted by Crippen LogP contribution is 2.35. The molecule has 1 atom stereocenters. The fourth-order valence-corrected chi connectivity index (χ4v) is 3.86. The minimum Gasteiger partial charge on any atom is -0.490 e. The summed E-state index contributed by atoms with van der Waals surface area (Å²) in [6, 6.07) is 22.7. The minimum absolute atomic E-state index is 0.0932. The number of rotatable bonds is 8. The van der Waals surface area contributed by atoms with Gasteiger partial charge in [0.15, 0.2) is 11.5 Å². The molecule has 1 unspecified atom stereocenters. The molecule has 0 amide bonds. The van der Waals surface area contributed by atoms with E-state index >= 15 is 0 Å². The highest BCUT2D eigenvalue weighted by atomic mass is 16.5. The zero-order chi connectivity index (χ0) is 20.6. The molecule has 0 saturated carbocycles. The van der Waals surface area contributed by atoms with Gasteiger partial charge in [-0.3, -0.25) is 9.88 Å². The lowest BCUT2D eigenvalue weighted by molar-refractivity contribution is 0.195. The van der Waals surface area contributed by atoms with Gasteiger partial charge < -0.3 is 14.8 Å². The van der Waals surface area contributed by atoms with E-state index in [1.54, 1.807) is 0 Å². The zero-order valence-corrected chi connectivity index (χ0v) is 17.5. The SMILES string of the molecule is CCOc1cc(C(c2ccccn2)N2CCNCC2)ccc1OCc1ccccc1. The Labute approximate surface area is 178 Å². The number of piperazine rings is 1. The van der Waals surface area contributed by atoms with E-state index in [-0.39, 0.29) is 6.04 Å². The Balaban J connectivity index is 1.62. The third kappa shape index (κ3) is 4.99. The van der Waals surface area contributed by atoms with Gasteiger partial charge in [0.1, 0.15) is 6.61 Å². The molecule has 1 saturated heterocycles. The first-order chi connectivity index (χ1) is 14.8. The van der Waals surface area contributed by atoms with Crippen molar-refractivity contribution in [1.82, 2.24) is 15.2 Å². The topological polar surface area (TPSA) is 46.6 Å². The number of hydrogen-bond acceptors (Lipinski definition) is 5. The van der Waals surface area contributed by atoms with Gasteiger partial charge in [-0.2, -0.15) is 0 Å². The summed E-state index contributed by atoms with van der Waals surface area (Å²) in [5.41, 5.74) is 3.36. The van der Waals surface area contributed by atoms with Crippen LogP contribution in [0.15, 0.2) is 72.9 Å². The van der Waals surface area contributed by atoms with Crippen LogP contribution in [0.3, 0.4) is 0 Å². The number of nitrogens with zero attached hydrogens (tertiary/aromatic N) is 2. The molecule has 4 rings (SSSR count). The van der Waals surface area contributed by atoms with Gasteiger partial charge in [0.05, 0.1) is 18.3 Å². The number of pyridine rings is 1. The smallest absolute Gasteiger partial charge is 0.161 e. The predicted molar refractivity (Wildman–Crippen MR) is 119 cm³/mol. The Bertz CT molecular complexity index is 912. The molecule has 1 N–H and O–H groups in total. The first kappa shape index (κ1) is 20.4. The summed E-state index contributed by atoms with van der Waals surface area (Å²) in [5.74, 6) is 1.55. The highest BCUT2D eigenvalue weighted by molar-refractivity contribution is 5.45. The van der Waals surface area contributed by atoms with Gasteiger partial charge in [0.2, 0.25) is 0 Å². The maximum atomic E-state index is 6.10. The van der Waals surface area contributed by atoms with Crippen LogP contribution in [0.1, 0.15) is 29.8 Å². The van der Waals surface area contributed by atoms with Gasteiger partial charge in [-0.15, -0.1) is 0 Å². The molecule has 3 aromatic rings. The van der Waals surface area contributed by atoms with Crippen LogP contribution in [0, 0.1) is 0 Å². The van der Waals surface area contributed by atoms with Crippen LogP contribution in [0.25, 0.3) is 0 Å². The number of ether oxygens (including phenoxy) is 2. The van der Waals surface area contributed by atoms with Crippen molar-refractivity contribution < 1.29 is 9.47 Å². The van der Waals surface area contributed by atoms with Crippen molar-refractivity contribution in [2.75, 3.05) is 32.8 Å². The second kappa shape index (κ2) is 10.2.